The first kappa shape index (κ1) is 31.4. The highest BCUT2D eigenvalue weighted by atomic mass is 31.2. The van der Waals surface area contributed by atoms with E-state index in [0.29, 0.717) is 29.5 Å². The van der Waals surface area contributed by atoms with E-state index in [-0.39, 0.29) is 19.3 Å². The van der Waals surface area contributed by atoms with Crippen molar-refractivity contribution in [2.75, 3.05) is 12.3 Å². The first-order valence-electron chi connectivity index (χ1n) is 14.6. The lowest BCUT2D eigenvalue weighted by atomic mass is 10.1. The summed E-state index contributed by atoms with van der Waals surface area (Å²) < 4.78 is 39.6. The Morgan fingerprint density at radius 2 is 1.73 bits per heavy atom. The largest absolute Gasteiger partial charge is 0.462 e. The van der Waals surface area contributed by atoms with Crippen LogP contribution in [-0.4, -0.2) is 45.4 Å². The standard InChI is InChI=1S/C32H38N5O6P/c1-6-40-19-28-35-29-30(26-13-9-10-14-27(26)34-31(29)33)37(28)18-21(4)42-44(39,36-22(5)32(38)41-20(2)3)43-25-16-15-23-11-7-8-12-24(23)17-25/h7-17,20-22H,6,18-19H2,1-5H3,(H2,33,34)(H,36,39)/t21-,22+,44+/m1/s1. The lowest BCUT2D eigenvalue weighted by molar-refractivity contribution is -0.149. The number of fused-ring (bicyclic) bond motifs is 4. The number of rotatable bonds is 13. The zero-order valence-corrected chi connectivity index (χ0v) is 26.4. The first-order chi connectivity index (χ1) is 21.1. The molecule has 0 aliphatic carbocycles. The molecule has 0 spiro atoms. The summed E-state index contributed by atoms with van der Waals surface area (Å²) in [6.45, 7) is 9.68. The van der Waals surface area contributed by atoms with E-state index in [4.69, 9.17) is 29.2 Å². The zero-order valence-electron chi connectivity index (χ0n) is 25.5. The Balaban J connectivity index is 1.49. The summed E-state index contributed by atoms with van der Waals surface area (Å²) in [5, 5.41) is 5.55. The molecule has 0 radical (unpaired) electrons. The third kappa shape index (κ3) is 7.03. The van der Waals surface area contributed by atoms with Crippen molar-refractivity contribution in [3.8, 4) is 5.75 Å². The van der Waals surface area contributed by atoms with Gasteiger partial charge in [-0.2, -0.15) is 5.09 Å². The molecule has 12 heteroatoms. The molecule has 3 N–H and O–H groups in total. The summed E-state index contributed by atoms with van der Waals surface area (Å²) in [5.74, 6) is 0.668. The highest BCUT2D eigenvalue weighted by Crippen LogP contribution is 2.47. The van der Waals surface area contributed by atoms with Gasteiger partial charge in [0, 0.05) is 12.0 Å². The molecule has 5 rings (SSSR count). The minimum atomic E-state index is -4.15. The number of aromatic nitrogens is 3. The van der Waals surface area contributed by atoms with Crippen LogP contribution < -0.4 is 15.3 Å². The van der Waals surface area contributed by atoms with E-state index < -0.39 is 25.9 Å². The molecule has 0 fully saturated rings. The predicted octanol–water partition coefficient (Wildman–Crippen LogP) is 6.38. The Labute approximate surface area is 256 Å². The Morgan fingerprint density at radius 1 is 1.00 bits per heavy atom. The number of nitrogens with one attached hydrogen (secondary N) is 1. The number of nitrogen functional groups attached to an aromatic ring is 1. The van der Waals surface area contributed by atoms with Gasteiger partial charge in [-0.25, -0.2) is 14.5 Å². The predicted molar refractivity (Wildman–Crippen MR) is 171 cm³/mol. The van der Waals surface area contributed by atoms with Gasteiger partial charge >= 0.3 is 13.7 Å². The fraction of sp³-hybridized carbons (Fsp3) is 0.344. The van der Waals surface area contributed by atoms with Crippen LogP contribution in [0.5, 0.6) is 5.75 Å². The summed E-state index contributed by atoms with van der Waals surface area (Å²) in [6, 6.07) is 19.8. The van der Waals surface area contributed by atoms with E-state index in [2.05, 4.69) is 10.1 Å². The van der Waals surface area contributed by atoms with Gasteiger partial charge in [0.05, 0.1) is 29.8 Å². The van der Waals surface area contributed by atoms with Crippen LogP contribution in [0.2, 0.25) is 0 Å². The fourth-order valence-electron chi connectivity index (χ4n) is 5.00. The topological polar surface area (TPSA) is 140 Å². The molecule has 5 aromatic rings. The van der Waals surface area contributed by atoms with Gasteiger partial charge in [-0.15, -0.1) is 0 Å². The number of ether oxygens (including phenoxy) is 2. The number of imidazole rings is 1. The normalized spacial score (nSPS) is 14.6. The van der Waals surface area contributed by atoms with Gasteiger partial charge in [-0.3, -0.25) is 9.32 Å². The van der Waals surface area contributed by atoms with Crippen LogP contribution in [0, 0.1) is 0 Å². The molecule has 0 aliphatic heterocycles. The number of carbonyl (C=O) groups is 1. The van der Waals surface area contributed by atoms with Crippen LogP contribution in [0.1, 0.15) is 40.4 Å². The molecule has 3 aromatic carbocycles. The minimum absolute atomic E-state index is 0.226. The maximum atomic E-state index is 14.4. The van der Waals surface area contributed by atoms with Crippen molar-refractivity contribution >= 4 is 52.2 Å². The van der Waals surface area contributed by atoms with Gasteiger partial charge in [0.25, 0.3) is 0 Å². The van der Waals surface area contributed by atoms with E-state index in [1.165, 1.54) is 0 Å². The lowest BCUT2D eigenvalue weighted by Gasteiger charge is -2.26. The van der Waals surface area contributed by atoms with Crippen molar-refractivity contribution in [1.82, 2.24) is 19.6 Å². The van der Waals surface area contributed by atoms with E-state index >= 15 is 0 Å². The van der Waals surface area contributed by atoms with E-state index in [1.807, 2.05) is 66.1 Å². The number of nitrogens with two attached hydrogens (primary N) is 1. The van der Waals surface area contributed by atoms with E-state index in [0.717, 1.165) is 27.2 Å². The number of anilines is 1. The average Bonchev–Trinajstić information content (AvgIpc) is 3.34. The third-order valence-electron chi connectivity index (χ3n) is 6.89. The highest BCUT2D eigenvalue weighted by Gasteiger charge is 2.35. The summed E-state index contributed by atoms with van der Waals surface area (Å²) in [7, 11) is -4.15. The van der Waals surface area contributed by atoms with Gasteiger partial charge in [0.2, 0.25) is 0 Å². The maximum Gasteiger partial charge on any atom is 0.459 e. The molecule has 0 unspecified atom stereocenters. The second-order valence-corrected chi connectivity index (χ2v) is 12.5. The number of pyridine rings is 1. The quantitative estimate of drug-likeness (QED) is 0.113. The summed E-state index contributed by atoms with van der Waals surface area (Å²) >= 11 is 0. The average molecular weight is 620 g/mol. The molecule has 0 amide bonds. The molecule has 2 aromatic heterocycles. The Bertz CT molecular complexity index is 1840. The summed E-state index contributed by atoms with van der Waals surface area (Å²) in [5.41, 5.74) is 8.37. The summed E-state index contributed by atoms with van der Waals surface area (Å²) in [6.07, 6.45) is -1.03. The molecule has 3 atom stereocenters. The molecule has 0 aliphatic rings. The number of esters is 1. The molecule has 232 valence electrons. The number of para-hydroxylation sites is 1. The molecule has 0 saturated carbocycles. The third-order valence-corrected chi connectivity index (χ3v) is 8.68. The van der Waals surface area contributed by atoms with Crippen molar-refractivity contribution < 1.29 is 27.9 Å². The number of carbonyl (C=O) groups excluding carboxylic acids is 1. The number of hydrogen-bond donors (Lipinski definition) is 2. The van der Waals surface area contributed by atoms with E-state index in [9.17, 15) is 9.36 Å². The second-order valence-electron chi connectivity index (χ2n) is 10.8. The van der Waals surface area contributed by atoms with Crippen LogP contribution in [0.3, 0.4) is 0 Å². The van der Waals surface area contributed by atoms with Crippen molar-refractivity contribution in [1.29, 1.82) is 0 Å². The van der Waals surface area contributed by atoms with Gasteiger partial charge in [0.15, 0.2) is 5.82 Å². The van der Waals surface area contributed by atoms with Crippen LogP contribution in [-0.2, 0) is 36.5 Å². The zero-order chi connectivity index (χ0) is 31.4. The highest BCUT2D eigenvalue weighted by molar-refractivity contribution is 7.52. The van der Waals surface area contributed by atoms with Crippen LogP contribution in [0.15, 0.2) is 66.7 Å². The first-order valence-corrected chi connectivity index (χ1v) is 16.2. The molecule has 44 heavy (non-hydrogen) atoms. The fourth-order valence-corrected chi connectivity index (χ4v) is 6.67. The minimum Gasteiger partial charge on any atom is -0.462 e. The Kier molecular flexibility index (Phi) is 9.51. The number of nitrogens with zero attached hydrogens (tertiary/aromatic N) is 3. The summed E-state index contributed by atoms with van der Waals surface area (Å²) in [4.78, 5) is 22.0. The van der Waals surface area contributed by atoms with Crippen LogP contribution in [0.25, 0.3) is 32.7 Å². The smallest absolute Gasteiger partial charge is 0.459 e. The Morgan fingerprint density at radius 3 is 2.48 bits per heavy atom. The number of benzene rings is 3. The van der Waals surface area contributed by atoms with Crippen LogP contribution in [0.4, 0.5) is 5.82 Å². The van der Waals surface area contributed by atoms with Crippen molar-refractivity contribution in [3.63, 3.8) is 0 Å². The van der Waals surface area contributed by atoms with Gasteiger partial charge in [-0.1, -0.05) is 48.5 Å². The maximum absolute atomic E-state index is 14.4. The second kappa shape index (κ2) is 13.3. The van der Waals surface area contributed by atoms with Gasteiger partial charge in [0.1, 0.15) is 29.7 Å². The molecular formula is C32H38N5O6P. The van der Waals surface area contributed by atoms with Gasteiger partial charge in [-0.05, 0) is 63.6 Å². The van der Waals surface area contributed by atoms with Gasteiger partial charge < -0.3 is 24.3 Å². The molecule has 2 heterocycles. The van der Waals surface area contributed by atoms with Crippen molar-refractivity contribution in [3.05, 3.63) is 72.6 Å². The molecule has 0 bridgehead atoms. The Hall–Kier alpha value is -4.02. The monoisotopic (exact) mass is 619 g/mol. The van der Waals surface area contributed by atoms with E-state index in [1.54, 1.807) is 39.8 Å². The van der Waals surface area contributed by atoms with Crippen LogP contribution >= 0.6 is 7.75 Å². The molecule has 0 saturated heterocycles. The van der Waals surface area contributed by atoms with Crippen molar-refractivity contribution in [2.45, 2.75) is 66.0 Å². The lowest BCUT2D eigenvalue weighted by Crippen LogP contribution is -2.37. The van der Waals surface area contributed by atoms with Crippen molar-refractivity contribution in [2.24, 2.45) is 0 Å². The molecule has 11 nitrogen and oxygen atoms in total. The SMILES string of the molecule is CCOCc1nc2c(N)nc3ccccc3c2n1C[C@@H](C)O[P@@](=O)(N[C@@H](C)C(=O)OC(C)C)Oc1ccc2ccccc2c1. The molecular weight excluding hydrogens is 581 g/mol. The number of hydrogen-bond acceptors (Lipinski definition) is 9.